The van der Waals surface area contributed by atoms with Crippen LogP contribution in [0.3, 0.4) is 0 Å². The summed E-state index contributed by atoms with van der Waals surface area (Å²) in [6.45, 7) is 3.23. The molecule has 38 heavy (non-hydrogen) atoms. The number of hydrogen-bond acceptors (Lipinski definition) is 4. The quantitative estimate of drug-likeness (QED) is 0.234. The fourth-order valence-corrected chi connectivity index (χ4v) is 5.16. The van der Waals surface area contributed by atoms with Gasteiger partial charge in [0.15, 0.2) is 5.78 Å². The third kappa shape index (κ3) is 5.48. The lowest BCUT2D eigenvalue weighted by Gasteiger charge is -2.27. The molecule has 1 aromatic heterocycles. The van der Waals surface area contributed by atoms with E-state index in [0.717, 1.165) is 28.6 Å². The van der Waals surface area contributed by atoms with Gasteiger partial charge in [-0.2, -0.15) is 0 Å². The van der Waals surface area contributed by atoms with Gasteiger partial charge in [0.25, 0.3) is 5.91 Å². The molecule has 0 bridgehead atoms. The zero-order valence-corrected chi connectivity index (χ0v) is 22.7. The zero-order valence-electron chi connectivity index (χ0n) is 21.1. The van der Waals surface area contributed by atoms with E-state index >= 15 is 0 Å². The van der Waals surface area contributed by atoms with E-state index in [0.29, 0.717) is 23.4 Å². The van der Waals surface area contributed by atoms with Crippen LogP contribution >= 0.6 is 15.9 Å². The van der Waals surface area contributed by atoms with Gasteiger partial charge in [-0.1, -0.05) is 88.7 Å². The SMILES string of the molecule is C[C@@H](NC1=C(C(=O)c2ccccc2)[C@@H](c2ccc(Br)cc2)N(CCCn2ccnc2)C1=O)c1ccccc1. The summed E-state index contributed by atoms with van der Waals surface area (Å²) < 4.78 is 2.93. The van der Waals surface area contributed by atoms with E-state index < -0.39 is 6.04 Å². The fourth-order valence-electron chi connectivity index (χ4n) is 4.90. The van der Waals surface area contributed by atoms with Gasteiger partial charge in [0, 0.05) is 41.6 Å². The van der Waals surface area contributed by atoms with Gasteiger partial charge in [0.05, 0.1) is 17.9 Å². The van der Waals surface area contributed by atoms with E-state index in [2.05, 4.69) is 26.2 Å². The molecule has 0 spiro atoms. The average Bonchev–Trinajstić information content (AvgIpc) is 3.56. The molecule has 3 aromatic carbocycles. The molecule has 192 valence electrons. The van der Waals surface area contributed by atoms with Crippen LogP contribution in [0.15, 0.2) is 119 Å². The Morgan fingerprint density at radius 2 is 1.66 bits per heavy atom. The Labute approximate surface area is 231 Å². The first kappa shape index (κ1) is 25.7. The van der Waals surface area contributed by atoms with Crippen molar-refractivity contribution < 1.29 is 9.59 Å². The largest absolute Gasteiger partial charge is 0.374 e. The topological polar surface area (TPSA) is 67.2 Å². The van der Waals surface area contributed by atoms with Gasteiger partial charge >= 0.3 is 0 Å². The van der Waals surface area contributed by atoms with Crippen molar-refractivity contribution in [2.45, 2.75) is 32.0 Å². The Morgan fingerprint density at radius 3 is 2.32 bits per heavy atom. The van der Waals surface area contributed by atoms with Crippen LogP contribution in [-0.4, -0.2) is 32.7 Å². The molecule has 1 aliphatic rings. The number of nitrogens with zero attached hydrogens (tertiary/aromatic N) is 3. The Morgan fingerprint density at radius 1 is 0.974 bits per heavy atom. The first-order valence-electron chi connectivity index (χ1n) is 12.7. The monoisotopic (exact) mass is 568 g/mol. The molecule has 1 aliphatic heterocycles. The number of benzene rings is 3. The second kappa shape index (κ2) is 11.6. The lowest BCUT2D eigenvalue weighted by Crippen LogP contribution is -2.34. The molecule has 0 aliphatic carbocycles. The Hall–Kier alpha value is -3.97. The van der Waals surface area contributed by atoms with Crippen LogP contribution < -0.4 is 5.32 Å². The van der Waals surface area contributed by atoms with E-state index in [4.69, 9.17) is 0 Å². The van der Waals surface area contributed by atoms with Crippen molar-refractivity contribution >= 4 is 27.6 Å². The molecule has 7 heteroatoms. The van der Waals surface area contributed by atoms with Gasteiger partial charge < -0.3 is 14.8 Å². The highest BCUT2D eigenvalue weighted by Gasteiger charge is 2.43. The number of Topliss-reactive ketones (excluding diaryl/α,β-unsaturated/α-hetero) is 1. The Balaban J connectivity index is 1.56. The second-order valence-corrected chi connectivity index (χ2v) is 10.3. The molecule has 0 radical (unpaired) electrons. The number of aryl methyl sites for hydroxylation is 1. The number of ketones is 1. The normalized spacial score (nSPS) is 16.1. The Kier molecular flexibility index (Phi) is 7.84. The maximum atomic E-state index is 14.1. The number of aromatic nitrogens is 2. The number of nitrogens with one attached hydrogen (secondary N) is 1. The molecule has 1 N–H and O–H groups in total. The lowest BCUT2D eigenvalue weighted by molar-refractivity contribution is -0.127. The summed E-state index contributed by atoms with van der Waals surface area (Å²) in [4.78, 5) is 34.1. The number of carbonyl (C=O) groups is 2. The van der Waals surface area contributed by atoms with Crippen LogP contribution in [0.5, 0.6) is 0 Å². The van der Waals surface area contributed by atoms with Crippen molar-refractivity contribution in [2.24, 2.45) is 0 Å². The van der Waals surface area contributed by atoms with Gasteiger partial charge in [-0.3, -0.25) is 9.59 Å². The number of hydrogen-bond donors (Lipinski definition) is 1. The summed E-state index contributed by atoms with van der Waals surface area (Å²) in [7, 11) is 0. The van der Waals surface area contributed by atoms with E-state index in [1.54, 1.807) is 24.7 Å². The summed E-state index contributed by atoms with van der Waals surface area (Å²) in [6, 6.07) is 26.3. The molecular formula is C31H29BrN4O2. The van der Waals surface area contributed by atoms with Crippen LogP contribution in [0.1, 0.15) is 46.9 Å². The molecule has 0 fully saturated rings. The molecule has 2 atom stereocenters. The smallest absolute Gasteiger partial charge is 0.271 e. The van der Waals surface area contributed by atoms with Crippen LogP contribution in [-0.2, 0) is 11.3 Å². The van der Waals surface area contributed by atoms with Gasteiger partial charge in [-0.15, -0.1) is 0 Å². The summed E-state index contributed by atoms with van der Waals surface area (Å²) in [5.74, 6) is -0.308. The van der Waals surface area contributed by atoms with E-state index in [1.807, 2.05) is 95.4 Å². The number of carbonyl (C=O) groups excluding carboxylic acids is 2. The molecule has 6 nitrogen and oxygen atoms in total. The van der Waals surface area contributed by atoms with E-state index in [9.17, 15) is 9.59 Å². The van der Waals surface area contributed by atoms with Gasteiger partial charge in [0.1, 0.15) is 5.70 Å². The highest BCUT2D eigenvalue weighted by atomic mass is 79.9. The summed E-state index contributed by atoms with van der Waals surface area (Å²) >= 11 is 3.52. The molecule has 0 saturated carbocycles. The molecule has 4 aromatic rings. The predicted octanol–water partition coefficient (Wildman–Crippen LogP) is 6.11. The summed E-state index contributed by atoms with van der Waals surface area (Å²) in [5.41, 5.74) is 3.34. The average molecular weight is 570 g/mol. The highest BCUT2D eigenvalue weighted by molar-refractivity contribution is 9.10. The number of amides is 1. The summed E-state index contributed by atoms with van der Waals surface area (Å²) in [6.07, 6.45) is 6.16. The third-order valence-corrected chi connectivity index (χ3v) is 7.36. The maximum Gasteiger partial charge on any atom is 0.271 e. The minimum Gasteiger partial charge on any atom is -0.374 e. The Bertz CT molecular complexity index is 1420. The molecular weight excluding hydrogens is 540 g/mol. The van der Waals surface area contributed by atoms with Gasteiger partial charge in [-0.25, -0.2) is 4.98 Å². The zero-order chi connectivity index (χ0) is 26.5. The lowest BCUT2D eigenvalue weighted by atomic mass is 9.92. The maximum absolute atomic E-state index is 14.1. The van der Waals surface area contributed by atoms with Crippen LogP contribution in [0.25, 0.3) is 0 Å². The van der Waals surface area contributed by atoms with Crippen molar-refractivity contribution in [2.75, 3.05) is 6.54 Å². The minimum absolute atomic E-state index is 0.147. The number of rotatable bonds is 10. The highest BCUT2D eigenvalue weighted by Crippen LogP contribution is 2.40. The second-order valence-electron chi connectivity index (χ2n) is 9.37. The first-order valence-corrected chi connectivity index (χ1v) is 13.5. The third-order valence-electron chi connectivity index (χ3n) is 6.83. The molecule has 0 unspecified atom stereocenters. The minimum atomic E-state index is -0.503. The fraction of sp³-hybridized carbons (Fsp3) is 0.194. The predicted molar refractivity (Wildman–Crippen MR) is 151 cm³/mol. The van der Waals surface area contributed by atoms with Gasteiger partial charge in [-0.05, 0) is 36.6 Å². The van der Waals surface area contributed by atoms with E-state index in [1.165, 1.54) is 0 Å². The number of halogens is 1. The van der Waals surface area contributed by atoms with Crippen LogP contribution in [0, 0.1) is 0 Å². The van der Waals surface area contributed by atoms with Crippen molar-refractivity contribution in [3.05, 3.63) is 136 Å². The molecule has 2 heterocycles. The molecule has 5 rings (SSSR count). The number of imidazole rings is 1. The molecule has 0 saturated heterocycles. The van der Waals surface area contributed by atoms with Crippen molar-refractivity contribution in [3.8, 4) is 0 Å². The van der Waals surface area contributed by atoms with Crippen molar-refractivity contribution in [3.63, 3.8) is 0 Å². The van der Waals surface area contributed by atoms with Gasteiger partial charge in [0.2, 0.25) is 0 Å². The van der Waals surface area contributed by atoms with Crippen LogP contribution in [0.2, 0.25) is 0 Å². The first-order chi connectivity index (χ1) is 18.5. The standard InChI is InChI=1S/C31H29BrN4O2/c1-22(23-9-4-2-5-10-23)34-28-27(30(37)25-11-6-3-7-12-25)29(24-13-15-26(32)16-14-24)36(31(28)38)19-8-18-35-20-17-33-21-35/h2-7,9-17,20-22,29,34H,8,18-19H2,1H3/t22-,29-/m1/s1. The van der Waals surface area contributed by atoms with Crippen molar-refractivity contribution in [1.29, 1.82) is 0 Å². The van der Waals surface area contributed by atoms with Crippen molar-refractivity contribution in [1.82, 2.24) is 19.8 Å². The molecule has 1 amide bonds. The van der Waals surface area contributed by atoms with E-state index in [-0.39, 0.29) is 17.7 Å². The summed E-state index contributed by atoms with van der Waals surface area (Å²) in [5, 5.41) is 3.43. The van der Waals surface area contributed by atoms with Crippen LogP contribution in [0.4, 0.5) is 0 Å².